The maximum Gasteiger partial charge on any atom is 0.330 e. The van der Waals surface area contributed by atoms with Gasteiger partial charge < -0.3 is 4.74 Å². The zero-order valence-electron chi connectivity index (χ0n) is 13.9. The van der Waals surface area contributed by atoms with Crippen molar-refractivity contribution in [2.24, 2.45) is 0 Å². The second-order valence-corrected chi connectivity index (χ2v) is 5.31. The molecule has 0 fully saturated rings. The highest BCUT2D eigenvalue weighted by atomic mass is 16.5. The van der Waals surface area contributed by atoms with Crippen molar-refractivity contribution in [1.82, 2.24) is 0 Å². The molecule has 0 aliphatic heterocycles. The highest BCUT2D eigenvalue weighted by Gasteiger charge is 1.91. The Bertz CT molecular complexity index is 314. The molecule has 0 aliphatic carbocycles. The minimum absolute atomic E-state index is 0.321. The number of unbranched alkanes of at least 4 members (excludes halogenated alkanes) is 9. The van der Waals surface area contributed by atoms with Gasteiger partial charge in [0.1, 0.15) is 0 Å². The molecule has 0 heterocycles. The van der Waals surface area contributed by atoms with Gasteiger partial charge in [-0.25, -0.2) is 4.79 Å². The molecule has 2 heteroatoms. The van der Waals surface area contributed by atoms with E-state index in [0.29, 0.717) is 0 Å². The summed E-state index contributed by atoms with van der Waals surface area (Å²) < 4.78 is 4.49. The van der Waals surface area contributed by atoms with Gasteiger partial charge in [0, 0.05) is 6.08 Å². The lowest BCUT2D eigenvalue weighted by Gasteiger charge is -2.00. The number of carbonyl (C=O) groups is 1. The van der Waals surface area contributed by atoms with E-state index in [1.807, 2.05) is 18.2 Å². The topological polar surface area (TPSA) is 26.3 Å². The maximum atomic E-state index is 10.8. The number of hydrogen-bond donors (Lipinski definition) is 0. The molecule has 0 atom stereocenters. The Labute approximate surface area is 131 Å². The summed E-state index contributed by atoms with van der Waals surface area (Å²) in [5.74, 6) is -0.321. The molecule has 21 heavy (non-hydrogen) atoms. The predicted molar refractivity (Wildman–Crippen MR) is 91.3 cm³/mol. The smallest absolute Gasteiger partial charge is 0.330 e. The number of esters is 1. The van der Waals surface area contributed by atoms with E-state index in [4.69, 9.17) is 0 Å². The lowest BCUT2D eigenvalue weighted by atomic mass is 10.1. The van der Waals surface area contributed by atoms with Crippen LogP contribution < -0.4 is 0 Å². The van der Waals surface area contributed by atoms with E-state index < -0.39 is 0 Å². The molecule has 0 amide bonds. The standard InChI is InChI=1S/C19H32O2/c1-3-4-5-6-7-8-9-10-11-12-13-14-15-16-17-18-19(20)21-2/h13-18H,3-12H2,1-2H3/b14-13?,16-15+,18-17+. The Kier molecular flexibility index (Phi) is 15.7. The summed E-state index contributed by atoms with van der Waals surface area (Å²) in [4.78, 5) is 10.8. The van der Waals surface area contributed by atoms with Gasteiger partial charge in [-0.2, -0.15) is 0 Å². The number of methoxy groups -OCH3 is 1. The Morgan fingerprint density at radius 3 is 2.00 bits per heavy atom. The molecule has 0 aromatic carbocycles. The van der Waals surface area contributed by atoms with Crippen LogP contribution >= 0.6 is 0 Å². The van der Waals surface area contributed by atoms with Crippen LogP contribution in [0, 0.1) is 0 Å². The summed E-state index contributed by atoms with van der Waals surface area (Å²) in [5, 5.41) is 0. The lowest BCUT2D eigenvalue weighted by Crippen LogP contribution is -1.92. The molecule has 120 valence electrons. The monoisotopic (exact) mass is 292 g/mol. The molecule has 0 aromatic rings. The van der Waals surface area contributed by atoms with Gasteiger partial charge in [0.2, 0.25) is 0 Å². The Morgan fingerprint density at radius 1 is 0.810 bits per heavy atom. The SMILES string of the molecule is CCCCCCCCCCCC=C/C=C/C=C/C(=O)OC. The number of rotatable bonds is 13. The molecule has 0 radical (unpaired) electrons. The van der Waals surface area contributed by atoms with E-state index in [-0.39, 0.29) is 5.97 Å². The molecule has 0 aliphatic rings. The fourth-order valence-electron chi connectivity index (χ4n) is 2.08. The highest BCUT2D eigenvalue weighted by Crippen LogP contribution is 2.10. The number of hydrogen-bond acceptors (Lipinski definition) is 2. The fourth-order valence-corrected chi connectivity index (χ4v) is 2.08. The van der Waals surface area contributed by atoms with Gasteiger partial charge in [0.15, 0.2) is 0 Å². The number of allylic oxidation sites excluding steroid dienone is 5. The van der Waals surface area contributed by atoms with Crippen molar-refractivity contribution in [1.29, 1.82) is 0 Å². The zero-order chi connectivity index (χ0) is 15.6. The van der Waals surface area contributed by atoms with Crippen LogP contribution in [0.3, 0.4) is 0 Å². The van der Waals surface area contributed by atoms with Gasteiger partial charge in [-0.05, 0) is 12.8 Å². The molecule has 0 saturated carbocycles. The Hall–Kier alpha value is -1.31. The average Bonchev–Trinajstić information content (AvgIpc) is 2.50. The Morgan fingerprint density at radius 2 is 1.38 bits per heavy atom. The lowest BCUT2D eigenvalue weighted by molar-refractivity contribution is -0.134. The molecule has 0 N–H and O–H groups in total. The minimum atomic E-state index is -0.321. The first-order valence-corrected chi connectivity index (χ1v) is 8.39. The fraction of sp³-hybridized carbons (Fsp3) is 0.632. The van der Waals surface area contributed by atoms with Gasteiger partial charge in [-0.3, -0.25) is 0 Å². The van der Waals surface area contributed by atoms with Crippen molar-refractivity contribution in [2.45, 2.75) is 71.1 Å². The third-order valence-corrected chi connectivity index (χ3v) is 3.38. The quantitative estimate of drug-likeness (QED) is 0.187. The second kappa shape index (κ2) is 16.7. The van der Waals surface area contributed by atoms with Crippen LogP contribution in [0.5, 0.6) is 0 Å². The van der Waals surface area contributed by atoms with Crippen molar-refractivity contribution < 1.29 is 9.53 Å². The van der Waals surface area contributed by atoms with Crippen LogP contribution in [-0.4, -0.2) is 13.1 Å². The van der Waals surface area contributed by atoms with E-state index in [1.54, 1.807) is 6.08 Å². The molecule has 0 saturated heterocycles. The zero-order valence-corrected chi connectivity index (χ0v) is 13.9. The van der Waals surface area contributed by atoms with Gasteiger partial charge in [-0.1, -0.05) is 88.7 Å². The van der Waals surface area contributed by atoms with Crippen LogP contribution in [0.25, 0.3) is 0 Å². The largest absolute Gasteiger partial charge is 0.466 e. The van der Waals surface area contributed by atoms with Crippen molar-refractivity contribution in [3.05, 3.63) is 36.5 Å². The first-order chi connectivity index (χ1) is 10.3. The van der Waals surface area contributed by atoms with Gasteiger partial charge in [0.25, 0.3) is 0 Å². The van der Waals surface area contributed by atoms with Crippen LogP contribution in [0.4, 0.5) is 0 Å². The first-order valence-electron chi connectivity index (χ1n) is 8.39. The molecule has 0 spiro atoms. The molecule has 0 unspecified atom stereocenters. The van der Waals surface area contributed by atoms with E-state index in [1.165, 1.54) is 71.0 Å². The summed E-state index contributed by atoms with van der Waals surface area (Å²) in [5.41, 5.74) is 0. The van der Waals surface area contributed by atoms with Gasteiger partial charge >= 0.3 is 5.97 Å². The second-order valence-electron chi connectivity index (χ2n) is 5.31. The number of ether oxygens (including phenoxy) is 1. The molecular weight excluding hydrogens is 260 g/mol. The van der Waals surface area contributed by atoms with E-state index >= 15 is 0 Å². The van der Waals surface area contributed by atoms with Crippen LogP contribution in [0.15, 0.2) is 36.5 Å². The summed E-state index contributed by atoms with van der Waals surface area (Å²) in [6, 6.07) is 0. The summed E-state index contributed by atoms with van der Waals surface area (Å²) in [6.07, 6.45) is 24.6. The molecule has 0 bridgehead atoms. The minimum Gasteiger partial charge on any atom is -0.466 e. The Balaban J connectivity index is 3.31. The van der Waals surface area contributed by atoms with Crippen LogP contribution in [0.1, 0.15) is 71.1 Å². The van der Waals surface area contributed by atoms with E-state index in [9.17, 15) is 4.79 Å². The predicted octanol–water partition coefficient (Wildman–Crippen LogP) is 5.75. The highest BCUT2D eigenvalue weighted by molar-refractivity contribution is 5.82. The summed E-state index contributed by atoms with van der Waals surface area (Å²) in [6.45, 7) is 2.26. The summed E-state index contributed by atoms with van der Waals surface area (Å²) in [7, 11) is 1.38. The third kappa shape index (κ3) is 16.6. The molecular formula is C19H32O2. The first kappa shape index (κ1) is 19.7. The van der Waals surface area contributed by atoms with Gasteiger partial charge in [-0.15, -0.1) is 0 Å². The number of carbonyl (C=O) groups excluding carboxylic acids is 1. The van der Waals surface area contributed by atoms with Gasteiger partial charge in [0.05, 0.1) is 7.11 Å². The van der Waals surface area contributed by atoms with Crippen LogP contribution in [-0.2, 0) is 9.53 Å². The normalized spacial score (nSPS) is 11.9. The molecule has 0 rings (SSSR count). The van der Waals surface area contributed by atoms with Crippen LogP contribution in [0.2, 0.25) is 0 Å². The average molecular weight is 292 g/mol. The summed E-state index contributed by atoms with van der Waals surface area (Å²) >= 11 is 0. The van der Waals surface area contributed by atoms with E-state index in [0.717, 1.165) is 6.42 Å². The van der Waals surface area contributed by atoms with Crippen molar-refractivity contribution >= 4 is 5.97 Å². The maximum absolute atomic E-state index is 10.8. The molecule has 0 aromatic heterocycles. The van der Waals surface area contributed by atoms with Crippen molar-refractivity contribution in [2.75, 3.05) is 7.11 Å². The third-order valence-electron chi connectivity index (χ3n) is 3.38. The van der Waals surface area contributed by atoms with E-state index in [2.05, 4.69) is 17.7 Å². The van der Waals surface area contributed by atoms with Crippen molar-refractivity contribution in [3.63, 3.8) is 0 Å². The molecule has 2 nitrogen and oxygen atoms in total. The van der Waals surface area contributed by atoms with Crippen molar-refractivity contribution in [3.8, 4) is 0 Å².